The molecule has 2 atom stereocenters. The summed E-state index contributed by atoms with van der Waals surface area (Å²) in [7, 11) is 0. The number of hydrogen-bond donors (Lipinski definition) is 0. The molecule has 0 aromatic carbocycles. The monoisotopic (exact) mass is 311 g/mol. The zero-order valence-corrected chi connectivity index (χ0v) is 13.7. The van der Waals surface area contributed by atoms with Crippen molar-refractivity contribution >= 4 is 5.71 Å². The Morgan fingerprint density at radius 3 is 3.00 bits per heavy atom. The molecule has 1 unspecified atom stereocenters. The van der Waals surface area contributed by atoms with E-state index in [0.29, 0.717) is 25.7 Å². The molecule has 3 nitrogen and oxygen atoms in total. The second kappa shape index (κ2) is 9.80. The minimum Gasteiger partial charge on any atom is -0.494 e. The van der Waals surface area contributed by atoms with Crippen molar-refractivity contribution in [2.24, 2.45) is 10.9 Å². The number of dihydropyridines is 1. The van der Waals surface area contributed by atoms with Crippen LogP contribution in [0.3, 0.4) is 0 Å². The molecular formula is C20H25NO2. The van der Waals surface area contributed by atoms with Crippen molar-refractivity contribution in [2.75, 3.05) is 19.8 Å². The molecular weight excluding hydrogens is 286 g/mol. The first-order valence-corrected chi connectivity index (χ1v) is 8.07. The number of fused-ring (bicyclic) bond motifs is 1. The lowest BCUT2D eigenvalue weighted by Crippen LogP contribution is -2.22. The fourth-order valence-electron chi connectivity index (χ4n) is 2.35. The average Bonchev–Trinajstić information content (AvgIpc) is 2.60. The van der Waals surface area contributed by atoms with E-state index in [0.717, 1.165) is 17.9 Å². The average molecular weight is 311 g/mol. The Bertz CT molecular complexity index is 564. The van der Waals surface area contributed by atoms with Crippen LogP contribution in [0.2, 0.25) is 0 Å². The van der Waals surface area contributed by atoms with Crippen LogP contribution in [0.25, 0.3) is 0 Å². The summed E-state index contributed by atoms with van der Waals surface area (Å²) in [6.07, 6.45) is 21.2. The largest absolute Gasteiger partial charge is 0.494 e. The Morgan fingerprint density at radius 2 is 2.17 bits per heavy atom. The Kier molecular flexibility index (Phi) is 7.34. The summed E-state index contributed by atoms with van der Waals surface area (Å²) < 4.78 is 11.2. The van der Waals surface area contributed by atoms with E-state index in [1.54, 1.807) is 0 Å². The molecule has 0 spiro atoms. The molecule has 0 N–H and O–H groups in total. The van der Waals surface area contributed by atoms with E-state index in [9.17, 15) is 0 Å². The molecule has 0 fully saturated rings. The third kappa shape index (κ3) is 5.87. The van der Waals surface area contributed by atoms with E-state index >= 15 is 0 Å². The van der Waals surface area contributed by atoms with Crippen molar-refractivity contribution < 1.29 is 9.47 Å². The molecule has 0 saturated heterocycles. The van der Waals surface area contributed by atoms with E-state index in [1.165, 1.54) is 0 Å². The molecule has 0 aromatic heterocycles. The van der Waals surface area contributed by atoms with Crippen molar-refractivity contribution in [3.63, 3.8) is 0 Å². The van der Waals surface area contributed by atoms with Crippen molar-refractivity contribution in [2.45, 2.75) is 19.4 Å². The second-order valence-electron chi connectivity index (χ2n) is 5.35. The molecule has 2 aliphatic rings. The number of aliphatic imine (C=N–C) groups is 1. The van der Waals surface area contributed by atoms with E-state index in [2.05, 4.69) is 43.0 Å². The minimum atomic E-state index is 0.229. The highest BCUT2D eigenvalue weighted by molar-refractivity contribution is 5.97. The lowest BCUT2D eigenvalue weighted by Gasteiger charge is -2.22. The first-order chi connectivity index (χ1) is 11.3. The number of nitrogens with zero attached hydrogens (tertiary/aromatic N) is 1. The minimum absolute atomic E-state index is 0.229. The van der Waals surface area contributed by atoms with Crippen molar-refractivity contribution in [1.82, 2.24) is 0 Å². The molecule has 0 saturated carbocycles. The first kappa shape index (κ1) is 17.2. The third-order valence-electron chi connectivity index (χ3n) is 3.59. The summed E-state index contributed by atoms with van der Waals surface area (Å²) in [5.41, 5.74) is 0.994. The summed E-state index contributed by atoms with van der Waals surface area (Å²) in [5.74, 6) is 1.25. The quantitative estimate of drug-likeness (QED) is 0.277. The number of hydrogen-bond acceptors (Lipinski definition) is 3. The van der Waals surface area contributed by atoms with Crippen LogP contribution >= 0.6 is 0 Å². The molecule has 1 aliphatic carbocycles. The van der Waals surface area contributed by atoms with Crippen molar-refractivity contribution in [1.29, 1.82) is 0 Å². The Morgan fingerprint density at radius 1 is 1.30 bits per heavy atom. The van der Waals surface area contributed by atoms with Gasteiger partial charge in [-0.3, -0.25) is 4.99 Å². The van der Waals surface area contributed by atoms with Crippen LogP contribution in [0.15, 0.2) is 78.1 Å². The van der Waals surface area contributed by atoms with Crippen LogP contribution in [-0.2, 0) is 9.47 Å². The molecule has 0 bridgehead atoms. The van der Waals surface area contributed by atoms with Gasteiger partial charge in [-0.05, 0) is 31.6 Å². The first-order valence-electron chi connectivity index (χ1n) is 8.07. The fraction of sp³-hybridized carbons (Fsp3) is 0.350. The van der Waals surface area contributed by atoms with Gasteiger partial charge in [-0.25, -0.2) is 0 Å². The summed E-state index contributed by atoms with van der Waals surface area (Å²) in [6, 6.07) is 0.229. The van der Waals surface area contributed by atoms with E-state index < -0.39 is 0 Å². The molecule has 1 aliphatic heterocycles. The van der Waals surface area contributed by atoms with Crippen molar-refractivity contribution in [3.05, 3.63) is 73.1 Å². The topological polar surface area (TPSA) is 30.8 Å². The van der Waals surface area contributed by atoms with Gasteiger partial charge in [0, 0.05) is 5.92 Å². The van der Waals surface area contributed by atoms with Crippen LogP contribution in [0, 0.1) is 5.92 Å². The molecule has 0 amide bonds. The predicted molar refractivity (Wildman–Crippen MR) is 96.6 cm³/mol. The summed E-state index contributed by atoms with van der Waals surface area (Å²) in [4.78, 5) is 4.70. The van der Waals surface area contributed by atoms with Gasteiger partial charge in [0.2, 0.25) is 0 Å². The van der Waals surface area contributed by atoms with E-state index in [-0.39, 0.29) is 6.04 Å². The van der Waals surface area contributed by atoms with E-state index in [1.807, 2.05) is 31.2 Å². The van der Waals surface area contributed by atoms with Gasteiger partial charge in [0.05, 0.1) is 31.6 Å². The summed E-state index contributed by atoms with van der Waals surface area (Å²) >= 11 is 0. The highest BCUT2D eigenvalue weighted by Crippen LogP contribution is 2.21. The Balaban J connectivity index is 1.69. The summed E-state index contributed by atoms with van der Waals surface area (Å²) in [5, 5.41) is 0. The molecule has 23 heavy (non-hydrogen) atoms. The Labute approximate surface area is 139 Å². The highest BCUT2D eigenvalue weighted by atomic mass is 16.5. The van der Waals surface area contributed by atoms with Gasteiger partial charge in [0.15, 0.2) is 0 Å². The van der Waals surface area contributed by atoms with Gasteiger partial charge in [-0.1, -0.05) is 42.5 Å². The molecule has 0 radical (unpaired) electrons. The fourth-order valence-corrected chi connectivity index (χ4v) is 2.35. The number of allylic oxidation sites excluding steroid dienone is 4. The van der Waals surface area contributed by atoms with Crippen LogP contribution in [0.4, 0.5) is 0 Å². The zero-order chi connectivity index (χ0) is 16.3. The maximum atomic E-state index is 5.66. The predicted octanol–water partition coefficient (Wildman–Crippen LogP) is 4.18. The smallest absolute Gasteiger partial charge is 0.114 e. The normalized spacial score (nSPS) is 23.0. The maximum Gasteiger partial charge on any atom is 0.114 e. The Hall–Kier alpha value is -2.13. The molecule has 122 valence electrons. The van der Waals surface area contributed by atoms with Gasteiger partial charge in [-0.15, -0.1) is 6.58 Å². The highest BCUT2D eigenvalue weighted by Gasteiger charge is 2.18. The summed E-state index contributed by atoms with van der Waals surface area (Å²) in [6.45, 7) is 7.36. The zero-order valence-electron chi connectivity index (χ0n) is 13.7. The van der Waals surface area contributed by atoms with Gasteiger partial charge in [0.25, 0.3) is 0 Å². The SMILES string of the molecule is C=CCCOC(/C=C\COCC1=N[C@@H]2C=CC=CC2C=C1)=C/C. The maximum absolute atomic E-state index is 5.66. The molecule has 0 aromatic rings. The van der Waals surface area contributed by atoms with Crippen LogP contribution in [0.5, 0.6) is 0 Å². The standard InChI is InChI=1S/C20H25NO2/c1-3-5-15-23-19(4-2)10-8-14-22-16-18-13-12-17-9-6-7-11-20(17)21-18/h3-4,6-13,17,20H,1,5,14-16H2,2H3/b10-8-,19-4+/t17?,20-/m1/s1. The van der Waals surface area contributed by atoms with Crippen LogP contribution in [0.1, 0.15) is 13.3 Å². The van der Waals surface area contributed by atoms with E-state index in [4.69, 9.17) is 14.5 Å². The van der Waals surface area contributed by atoms with Gasteiger partial charge >= 0.3 is 0 Å². The lowest BCUT2D eigenvalue weighted by molar-refractivity contribution is 0.202. The van der Waals surface area contributed by atoms with Crippen LogP contribution in [-0.4, -0.2) is 31.6 Å². The molecule has 3 heteroatoms. The third-order valence-corrected chi connectivity index (χ3v) is 3.59. The van der Waals surface area contributed by atoms with Gasteiger partial charge in [0.1, 0.15) is 5.76 Å². The number of rotatable bonds is 9. The van der Waals surface area contributed by atoms with Gasteiger partial charge in [-0.2, -0.15) is 0 Å². The van der Waals surface area contributed by atoms with Crippen LogP contribution < -0.4 is 0 Å². The second-order valence-corrected chi connectivity index (χ2v) is 5.35. The van der Waals surface area contributed by atoms with Gasteiger partial charge < -0.3 is 9.47 Å². The number of ether oxygens (including phenoxy) is 2. The van der Waals surface area contributed by atoms with Crippen molar-refractivity contribution in [3.8, 4) is 0 Å². The molecule has 1 heterocycles. The molecule has 2 rings (SSSR count). The lowest BCUT2D eigenvalue weighted by atomic mass is 9.92.